The predicted molar refractivity (Wildman–Crippen MR) is 92.2 cm³/mol. The molecule has 6 nitrogen and oxygen atoms in total. The maximum atomic E-state index is 12.4. The first-order valence-corrected chi connectivity index (χ1v) is 8.68. The lowest BCUT2D eigenvalue weighted by Crippen LogP contribution is -2.58. The molecule has 2 heterocycles. The zero-order chi connectivity index (χ0) is 17.2. The first-order valence-electron chi connectivity index (χ1n) is 8.68. The van der Waals surface area contributed by atoms with Crippen molar-refractivity contribution < 1.29 is 9.59 Å². The molecule has 2 aliphatic rings. The second-order valence-corrected chi connectivity index (χ2v) is 6.56. The van der Waals surface area contributed by atoms with Gasteiger partial charge in [-0.25, -0.2) is 9.97 Å². The second kappa shape index (κ2) is 6.63. The van der Waals surface area contributed by atoms with Crippen LogP contribution in [0.15, 0.2) is 42.7 Å². The molecule has 6 heteroatoms. The standard InChI is InChI=1S/C19H20N4O2/c24-18-19(25)23(16-7-4-8-16)10-9-22(18)13-17-20-11-15(12-21-17)14-5-2-1-3-6-14/h1-3,5-6,11-12,16H,4,7-10,13H2. The Kier molecular flexibility index (Phi) is 4.17. The van der Waals surface area contributed by atoms with Crippen molar-refractivity contribution >= 4 is 11.8 Å². The zero-order valence-electron chi connectivity index (χ0n) is 14.0. The summed E-state index contributed by atoms with van der Waals surface area (Å²) in [6, 6.07) is 10.2. The van der Waals surface area contributed by atoms with Crippen LogP contribution in [-0.2, 0) is 16.1 Å². The minimum atomic E-state index is -0.436. The molecule has 0 N–H and O–H groups in total. The topological polar surface area (TPSA) is 66.4 Å². The third kappa shape index (κ3) is 3.12. The van der Waals surface area contributed by atoms with E-state index in [2.05, 4.69) is 9.97 Å². The van der Waals surface area contributed by atoms with Gasteiger partial charge in [-0.2, -0.15) is 0 Å². The number of piperazine rings is 1. The number of carbonyl (C=O) groups is 2. The summed E-state index contributed by atoms with van der Waals surface area (Å²) in [6.07, 6.45) is 6.70. The van der Waals surface area contributed by atoms with Crippen molar-refractivity contribution in [2.75, 3.05) is 13.1 Å². The molecule has 2 aromatic rings. The quantitative estimate of drug-likeness (QED) is 0.800. The van der Waals surface area contributed by atoms with Crippen LogP contribution in [-0.4, -0.2) is 50.7 Å². The summed E-state index contributed by atoms with van der Waals surface area (Å²) in [4.78, 5) is 36.7. The largest absolute Gasteiger partial charge is 0.330 e. The number of amides is 2. The van der Waals surface area contributed by atoms with Crippen molar-refractivity contribution in [3.8, 4) is 11.1 Å². The number of carbonyl (C=O) groups excluding carboxylic acids is 2. The van der Waals surface area contributed by atoms with Gasteiger partial charge in [0.1, 0.15) is 5.82 Å². The third-order valence-electron chi connectivity index (χ3n) is 5.00. The highest BCUT2D eigenvalue weighted by molar-refractivity contribution is 6.35. The number of hydrogen-bond donors (Lipinski definition) is 0. The SMILES string of the molecule is O=C1C(=O)N(C2CCC2)CCN1Cc1ncc(-c2ccccc2)cn1. The van der Waals surface area contributed by atoms with E-state index in [9.17, 15) is 9.59 Å². The van der Waals surface area contributed by atoms with Gasteiger partial charge in [0.05, 0.1) is 6.54 Å². The molecule has 0 atom stereocenters. The van der Waals surface area contributed by atoms with Crippen molar-refractivity contribution in [3.05, 3.63) is 48.5 Å². The highest BCUT2D eigenvalue weighted by Gasteiger charge is 2.38. The summed E-state index contributed by atoms with van der Waals surface area (Å²) >= 11 is 0. The molecule has 0 unspecified atom stereocenters. The fraction of sp³-hybridized carbons (Fsp3) is 0.368. The van der Waals surface area contributed by atoms with Crippen molar-refractivity contribution in [1.29, 1.82) is 0 Å². The minimum absolute atomic E-state index is 0.264. The van der Waals surface area contributed by atoms with Crippen LogP contribution in [0.1, 0.15) is 25.1 Å². The Hall–Kier alpha value is -2.76. The molecule has 1 aliphatic heterocycles. The van der Waals surface area contributed by atoms with Crippen LogP contribution in [0.25, 0.3) is 11.1 Å². The maximum absolute atomic E-state index is 12.4. The molecule has 0 radical (unpaired) electrons. The number of benzene rings is 1. The van der Waals surface area contributed by atoms with Crippen molar-refractivity contribution in [2.24, 2.45) is 0 Å². The van der Waals surface area contributed by atoms with E-state index in [-0.39, 0.29) is 18.5 Å². The van der Waals surface area contributed by atoms with Gasteiger partial charge in [0.15, 0.2) is 0 Å². The fourth-order valence-corrected chi connectivity index (χ4v) is 3.27. The van der Waals surface area contributed by atoms with Crippen molar-refractivity contribution in [1.82, 2.24) is 19.8 Å². The van der Waals surface area contributed by atoms with Gasteiger partial charge < -0.3 is 9.80 Å². The second-order valence-electron chi connectivity index (χ2n) is 6.56. The van der Waals surface area contributed by atoms with Crippen LogP contribution in [0.2, 0.25) is 0 Å². The van der Waals surface area contributed by atoms with Gasteiger partial charge in [0, 0.05) is 37.1 Å². The van der Waals surface area contributed by atoms with E-state index < -0.39 is 5.91 Å². The lowest BCUT2D eigenvalue weighted by Gasteiger charge is -2.41. The van der Waals surface area contributed by atoms with Crippen LogP contribution in [0.3, 0.4) is 0 Å². The average molecular weight is 336 g/mol. The first-order chi connectivity index (χ1) is 12.2. The molecular formula is C19H20N4O2. The minimum Gasteiger partial charge on any atom is -0.330 e. The Labute approximate surface area is 146 Å². The van der Waals surface area contributed by atoms with Gasteiger partial charge in [0.2, 0.25) is 0 Å². The van der Waals surface area contributed by atoms with Crippen LogP contribution < -0.4 is 0 Å². The summed E-state index contributed by atoms with van der Waals surface area (Å²) in [5, 5.41) is 0. The third-order valence-corrected chi connectivity index (χ3v) is 5.00. The van der Waals surface area contributed by atoms with E-state index in [1.54, 1.807) is 22.2 Å². The van der Waals surface area contributed by atoms with E-state index in [1.807, 2.05) is 30.3 Å². The van der Waals surface area contributed by atoms with Gasteiger partial charge in [-0.05, 0) is 24.8 Å². The maximum Gasteiger partial charge on any atom is 0.312 e. The van der Waals surface area contributed by atoms with Crippen LogP contribution in [0.5, 0.6) is 0 Å². The van der Waals surface area contributed by atoms with Crippen molar-refractivity contribution in [2.45, 2.75) is 31.8 Å². The average Bonchev–Trinajstić information content (AvgIpc) is 2.61. The van der Waals surface area contributed by atoms with Gasteiger partial charge >= 0.3 is 11.8 Å². The molecule has 1 saturated carbocycles. The highest BCUT2D eigenvalue weighted by Crippen LogP contribution is 2.26. The summed E-state index contributed by atoms with van der Waals surface area (Å²) in [5.41, 5.74) is 1.98. The number of aromatic nitrogens is 2. The molecule has 25 heavy (non-hydrogen) atoms. The van der Waals surface area contributed by atoms with Crippen LogP contribution in [0, 0.1) is 0 Å². The summed E-state index contributed by atoms with van der Waals surface area (Å²) in [6.45, 7) is 1.43. The van der Waals surface area contributed by atoms with E-state index in [1.165, 1.54) is 0 Å². The van der Waals surface area contributed by atoms with E-state index in [4.69, 9.17) is 0 Å². The van der Waals surface area contributed by atoms with E-state index in [0.717, 1.165) is 30.4 Å². The fourth-order valence-electron chi connectivity index (χ4n) is 3.27. The normalized spacial score (nSPS) is 18.4. The molecule has 1 aromatic carbocycles. The molecule has 0 bridgehead atoms. The molecule has 0 spiro atoms. The predicted octanol–water partition coefficient (Wildman–Crippen LogP) is 1.87. The Bertz CT molecular complexity index is 772. The molecule has 1 saturated heterocycles. The van der Waals surface area contributed by atoms with E-state index >= 15 is 0 Å². The molecule has 1 aliphatic carbocycles. The first kappa shape index (κ1) is 15.7. The lowest BCUT2D eigenvalue weighted by molar-refractivity contribution is -0.159. The van der Waals surface area contributed by atoms with Gasteiger partial charge in [0.25, 0.3) is 0 Å². The molecule has 128 valence electrons. The Morgan fingerprint density at radius 2 is 1.64 bits per heavy atom. The summed E-state index contributed by atoms with van der Waals surface area (Å²) in [5.74, 6) is -0.260. The Balaban J connectivity index is 1.42. The Morgan fingerprint density at radius 3 is 2.28 bits per heavy atom. The smallest absolute Gasteiger partial charge is 0.312 e. The molecule has 2 amide bonds. The monoisotopic (exact) mass is 336 g/mol. The van der Waals surface area contributed by atoms with Crippen LogP contribution >= 0.6 is 0 Å². The van der Waals surface area contributed by atoms with Gasteiger partial charge in [-0.15, -0.1) is 0 Å². The highest BCUT2D eigenvalue weighted by atomic mass is 16.2. The molecule has 4 rings (SSSR count). The zero-order valence-corrected chi connectivity index (χ0v) is 14.0. The van der Waals surface area contributed by atoms with Gasteiger partial charge in [-0.3, -0.25) is 9.59 Å². The van der Waals surface area contributed by atoms with Crippen LogP contribution in [0.4, 0.5) is 0 Å². The number of rotatable bonds is 4. The lowest BCUT2D eigenvalue weighted by atomic mass is 9.91. The Morgan fingerprint density at radius 1 is 0.920 bits per heavy atom. The molecule has 1 aromatic heterocycles. The number of nitrogens with zero attached hydrogens (tertiary/aromatic N) is 4. The van der Waals surface area contributed by atoms with Gasteiger partial charge in [-0.1, -0.05) is 30.3 Å². The van der Waals surface area contributed by atoms with E-state index in [0.29, 0.717) is 18.9 Å². The van der Waals surface area contributed by atoms with Crippen molar-refractivity contribution in [3.63, 3.8) is 0 Å². The summed E-state index contributed by atoms with van der Waals surface area (Å²) in [7, 11) is 0. The number of hydrogen-bond acceptors (Lipinski definition) is 4. The molecular weight excluding hydrogens is 316 g/mol. The molecule has 2 fully saturated rings. The summed E-state index contributed by atoms with van der Waals surface area (Å²) < 4.78 is 0.